The van der Waals surface area contributed by atoms with Gasteiger partial charge in [-0.15, -0.1) is 0 Å². The SMILES string of the molecule is CC(=O)Oc1cncn1C1c2ccccc2C(=O)C1(C)C. The third kappa shape index (κ3) is 1.96. The van der Waals surface area contributed by atoms with Gasteiger partial charge in [0.25, 0.3) is 0 Å². The van der Waals surface area contributed by atoms with Crippen molar-refractivity contribution in [2.45, 2.75) is 26.8 Å². The molecule has 0 saturated heterocycles. The smallest absolute Gasteiger partial charge is 0.309 e. The number of carbonyl (C=O) groups excluding carboxylic acids is 2. The molecule has 1 aromatic heterocycles. The van der Waals surface area contributed by atoms with Crippen LogP contribution in [0.1, 0.15) is 42.7 Å². The van der Waals surface area contributed by atoms with Gasteiger partial charge in [0, 0.05) is 12.5 Å². The Morgan fingerprint density at radius 2 is 2.05 bits per heavy atom. The van der Waals surface area contributed by atoms with Crippen LogP contribution in [0.2, 0.25) is 0 Å². The van der Waals surface area contributed by atoms with Crippen LogP contribution in [0.3, 0.4) is 0 Å². The lowest BCUT2D eigenvalue weighted by Crippen LogP contribution is -2.29. The van der Waals surface area contributed by atoms with E-state index < -0.39 is 11.4 Å². The number of fused-ring (bicyclic) bond motifs is 1. The van der Waals surface area contributed by atoms with Crippen molar-refractivity contribution in [2.24, 2.45) is 5.41 Å². The topological polar surface area (TPSA) is 61.2 Å². The van der Waals surface area contributed by atoms with Crippen LogP contribution in [-0.2, 0) is 4.79 Å². The molecule has 0 spiro atoms. The van der Waals surface area contributed by atoms with Crippen molar-refractivity contribution in [3.05, 3.63) is 47.9 Å². The van der Waals surface area contributed by atoms with Crippen molar-refractivity contribution in [1.82, 2.24) is 9.55 Å². The number of ether oxygens (including phenoxy) is 1. The van der Waals surface area contributed by atoms with Crippen LogP contribution in [0.4, 0.5) is 0 Å². The van der Waals surface area contributed by atoms with Gasteiger partial charge in [0.2, 0.25) is 5.88 Å². The summed E-state index contributed by atoms with van der Waals surface area (Å²) in [6.45, 7) is 5.14. The third-order valence-corrected chi connectivity index (χ3v) is 3.93. The minimum atomic E-state index is -0.626. The number of rotatable bonds is 2. The maximum absolute atomic E-state index is 12.6. The van der Waals surface area contributed by atoms with Gasteiger partial charge < -0.3 is 4.74 Å². The molecule has 1 heterocycles. The van der Waals surface area contributed by atoms with E-state index in [0.717, 1.165) is 11.1 Å². The number of ketones is 1. The number of esters is 1. The highest BCUT2D eigenvalue weighted by Crippen LogP contribution is 2.48. The molecule has 1 aliphatic rings. The predicted molar refractivity (Wildman–Crippen MR) is 76.2 cm³/mol. The molecule has 1 aromatic carbocycles. The van der Waals surface area contributed by atoms with E-state index >= 15 is 0 Å². The van der Waals surface area contributed by atoms with Gasteiger partial charge in [-0.3, -0.25) is 14.2 Å². The molecular formula is C16H16N2O3. The summed E-state index contributed by atoms with van der Waals surface area (Å²) in [4.78, 5) is 27.9. The highest BCUT2D eigenvalue weighted by atomic mass is 16.5. The van der Waals surface area contributed by atoms with Crippen LogP contribution in [0, 0.1) is 5.41 Å². The maximum atomic E-state index is 12.6. The van der Waals surface area contributed by atoms with Crippen LogP contribution in [0.25, 0.3) is 0 Å². The fraction of sp³-hybridized carbons (Fsp3) is 0.312. The van der Waals surface area contributed by atoms with E-state index in [2.05, 4.69) is 4.98 Å². The molecule has 0 bridgehead atoms. The van der Waals surface area contributed by atoms with E-state index in [1.165, 1.54) is 13.1 Å². The van der Waals surface area contributed by atoms with E-state index in [4.69, 9.17) is 4.74 Å². The molecule has 0 radical (unpaired) electrons. The summed E-state index contributed by atoms with van der Waals surface area (Å²) < 4.78 is 6.95. The Labute approximate surface area is 122 Å². The molecule has 108 valence electrons. The molecule has 3 rings (SSSR count). The van der Waals surface area contributed by atoms with Crippen LogP contribution >= 0.6 is 0 Å². The normalized spacial score (nSPS) is 19.4. The summed E-state index contributed by atoms with van der Waals surface area (Å²) in [5.74, 6) is 0.0304. The molecule has 1 unspecified atom stereocenters. The summed E-state index contributed by atoms with van der Waals surface area (Å²) in [6, 6.07) is 7.29. The highest BCUT2D eigenvalue weighted by Gasteiger charge is 2.47. The number of Topliss-reactive ketones (excluding diaryl/α,β-unsaturated/α-hetero) is 1. The molecule has 0 saturated carbocycles. The number of nitrogens with zero attached hydrogens (tertiary/aromatic N) is 2. The number of hydrogen-bond acceptors (Lipinski definition) is 4. The summed E-state index contributed by atoms with van der Waals surface area (Å²) >= 11 is 0. The Bertz CT molecular complexity index is 731. The van der Waals surface area contributed by atoms with Crippen molar-refractivity contribution in [2.75, 3.05) is 0 Å². The number of imidazole rings is 1. The average Bonchev–Trinajstić information content (AvgIpc) is 2.92. The zero-order chi connectivity index (χ0) is 15.2. The Kier molecular flexibility index (Phi) is 2.93. The van der Waals surface area contributed by atoms with Crippen molar-refractivity contribution >= 4 is 11.8 Å². The first-order chi connectivity index (χ1) is 9.93. The predicted octanol–water partition coefficient (Wildman–Crippen LogP) is 2.62. The minimum Gasteiger partial charge on any atom is -0.408 e. The zero-order valence-electron chi connectivity index (χ0n) is 12.2. The lowest BCUT2D eigenvalue weighted by Gasteiger charge is -2.28. The Hall–Kier alpha value is -2.43. The fourth-order valence-corrected chi connectivity index (χ4v) is 3.01. The summed E-state index contributed by atoms with van der Waals surface area (Å²) in [6.07, 6.45) is 3.09. The molecule has 5 heteroatoms. The van der Waals surface area contributed by atoms with Crippen molar-refractivity contribution in [3.63, 3.8) is 0 Å². The Morgan fingerprint density at radius 1 is 1.33 bits per heavy atom. The first-order valence-corrected chi connectivity index (χ1v) is 6.77. The molecule has 1 atom stereocenters. The first kappa shape index (κ1) is 13.5. The minimum absolute atomic E-state index is 0.0885. The first-order valence-electron chi connectivity index (χ1n) is 6.77. The second-order valence-electron chi connectivity index (χ2n) is 5.77. The number of hydrogen-bond donors (Lipinski definition) is 0. The third-order valence-electron chi connectivity index (χ3n) is 3.93. The average molecular weight is 284 g/mol. The Morgan fingerprint density at radius 3 is 2.76 bits per heavy atom. The summed E-state index contributed by atoms with van der Waals surface area (Å²) in [5, 5.41) is 0. The van der Waals surface area contributed by atoms with Crippen molar-refractivity contribution in [3.8, 4) is 5.88 Å². The molecule has 2 aromatic rings. The zero-order valence-corrected chi connectivity index (χ0v) is 12.2. The van der Waals surface area contributed by atoms with Crippen molar-refractivity contribution < 1.29 is 14.3 Å². The monoisotopic (exact) mass is 284 g/mol. The van der Waals surface area contributed by atoms with Crippen LogP contribution < -0.4 is 4.74 Å². The fourth-order valence-electron chi connectivity index (χ4n) is 3.01. The largest absolute Gasteiger partial charge is 0.408 e. The maximum Gasteiger partial charge on any atom is 0.309 e. The molecule has 0 amide bonds. The second kappa shape index (κ2) is 4.55. The van der Waals surface area contributed by atoms with E-state index in [0.29, 0.717) is 5.88 Å². The van der Waals surface area contributed by atoms with E-state index in [-0.39, 0.29) is 11.8 Å². The van der Waals surface area contributed by atoms with Crippen LogP contribution in [0.15, 0.2) is 36.8 Å². The molecule has 0 aliphatic heterocycles. The van der Waals surface area contributed by atoms with E-state index in [1.54, 1.807) is 10.9 Å². The number of benzene rings is 1. The molecular weight excluding hydrogens is 268 g/mol. The van der Waals surface area contributed by atoms with Crippen molar-refractivity contribution in [1.29, 1.82) is 0 Å². The standard InChI is InChI=1S/C16H16N2O3/c1-10(19)21-13-8-17-9-18(13)14-11-6-4-5-7-12(11)15(20)16(14,2)3/h4-9,14H,1-3H3. The van der Waals surface area contributed by atoms with Gasteiger partial charge in [-0.25, -0.2) is 4.98 Å². The van der Waals surface area contributed by atoms with Gasteiger partial charge in [0.1, 0.15) is 0 Å². The van der Waals surface area contributed by atoms with Gasteiger partial charge in [-0.1, -0.05) is 38.1 Å². The molecule has 0 N–H and O–H groups in total. The van der Waals surface area contributed by atoms with Gasteiger partial charge in [-0.05, 0) is 5.56 Å². The van der Waals surface area contributed by atoms with E-state index in [9.17, 15) is 9.59 Å². The molecule has 21 heavy (non-hydrogen) atoms. The Balaban J connectivity index is 2.16. The lowest BCUT2D eigenvalue weighted by atomic mass is 9.84. The van der Waals surface area contributed by atoms with Gasteiger partial charge >= 0.3 is 5.97 Å². The summed E-state index contributed by atoms with van der Waals surface area (Å²) in [5.41, 5.74) is 1.02. The van der Waals surface area contributed by atoms with Crippen LogP contribution in [0.5, 0.6) is 5.88 Å². The van der Waals surface area contributed by atoms with Gasteiger partial charge in [0.05, 0.1) is 24.0 Å². The molecule has 5 nitrogen and oxygen atoms in total. The number of aromatic nitrogens is 2. The lowest BCUT2D eigenvalue weighted by molar-refractivity contribution is -0.132. The van der Waals surface area contributed by atoms with Gasteiger partial charge in [-0.2, -0.15) is 0 Å². The van der Waals surface area contributed by atoms with Gasteiger partial charge in [0.15, 0.2) is 5.78 Å². The second-order valence-corrected chi connectivity index (χ2v) is 5.77. The summed E-state index contributed by atoms with van der Waals surface area (Å²) in [7, 11) is 0. The number of carbonyl (C=O) groups is 2. The molecule has 0 fully saturated rings. The van der Waals surface area contributed by atoms with Crippen LogP contribution in [-0.4, -0.2) is 21.3 Å². The van der Waals surface area contributed by atoms with E-state index in [1.807, 2.05) is 38.1 Å². The quantitative estimate of drug-likeness (QED) is 0.795. The highest BCUT2D eigenvalue weighted by molar-refractivity contribution is 6.05. The molecule has 1 aliphatic carbocycles.